The van der Waals surface area contributed by atoms with E-state index in [1.165, 1.54) is 11.3 Å². The number of alkyl halides is 4. The number of amides is 2. The van der Waals surface area contributed by atoms with Gasteiger partial charge >= 0.3 is 12.1 Å². The number of carboxylic acids is 1. The van der Waals surface area contributed by atoms with Gasteiger partial charge in [0.15, 0.2) is 5.13 Å². The van der Waals surface area contributed by atoms with Crippen LogP contribution < -0.4 is 10.6 Å². The van der Waals surface area contributed by atoms with Crippen LogP contribution in [0, 0.1) is 12.8 Å². The van der Waals surface area contributed by atoms with Crippen molar-refractivity contribution in [1.82, 2.24) is 4.98 Å². The van der Waals surface area contributed by atoms with Crippen LogP contribution in [0.2, 0.25) is 0 Å². The number of thiazole rings is 1. The lowest BCUT2D eigenvalue weighted by Gasteiger charge is -2.11. The van der Waals surface area contributed by atoms with Crippen LogP contribution in [0.4, 0.5) is 28.4 Å². The van der Waals surface area contributed by atoms with Crippen LogP contribution in [0.25, 0.3) is 21.3 Å². The molecular weight excluding hydrogens is 478 g/mol. The molecular formula is C22H17F4N3O4S. The van der Waals surface area contributed by atoms with Crippen LogP contribution in [0.15, 0.2) is 30.3 Å². The monoisotopic (exact) mass is 495 g/mol. The Morgan fingerprint density at radius 3 is 2.53 bits per heavy atom. The second kappa shape index (κ2) is 8.67. The molecule has 3 N–H and O–H groups in total. The van der Waals surface area contributed by atoms with Gasteiger partial charge < -0.3 is 15.7 Å². The molecule has 2 atom stereocenters. The van der Waals surface area contributed by atoms with E-state index in [1.54, 1.807) is 0 Å². The Bertz CT molecular complexity index is 1320. The fourth-order valence-electron chi connectivity index (χ4n) is 3.59. The average molecular weight is 495 g/mol. The summed E-state index contributed by atoms with van der Waals surface area (Å²) in [6.45, 7) is 2.03. The number of benzene rings is 2. The van der Waals surface area contributed by atoms with E-state index in [1.807, 2.05) is 37.3 Å². The van der Waals surface area contributed by atoms with E-state index >= 15 is 0 Å². The van der Waals surface area contributed by atoms with Gasteiger partial charge in [0.05, 0.1) is 22.6 Å². The first-order valence-electron chi connectivity index (χ1n) is 10.0. The molecule has 1 aliphatic carbocycles. The summed E-state index contributed by atoms with van der Waals surface area (Å²) in [5.74, 6) is -3.59. The Morgan fingerprint density at radius 2 is 1.91 bits per heavy atom. The molecule has 1 aliphatic heterocycles. The summed E-state index contributed by atoms with van der Waals surface area (Å²) in [5, 5.41) is 13.2. The number of nitrogens with one attached hydrogen (secondary N) is 2. The molecule has 2 heterocycles. The van der Waals surface area contributed by atoms with Crippen LogP contribution >= 0.6 is 11.3 Å². The highest BCUT2D eigenvalue weighted by Gasteiger charge is 2.44. The number of aliphatic carboxylic acids is 1. The highest BCUT2D eigenvalue weighted by atomic mass is 32.1. The molecule has 0 radical (unpaired) electrons. The Labute approximate surface area is 193 Å². The van der Waals surface area contributed by atoms with E-state index in [-0.39, 0.29) is 11.8 Å². The number of halogens is 4. The molecule has 7 nitrogen and oxygen atoms in total. The van der Waals surface area contributed by atoms with E-state index in [0.29, 0.717) is 18.0 Å². The molecule has 12 heteroatoms. The molecule has 0 unspecified atom stereocenters. The summed E-state index contributed by atoms with van der Waals surface area (Å²) >= 11 is 1.37. The van der Waals surface area contributed by atoms with Crippen LogP contribution in [0.5, 0.6) is 0 Å². The summed E-state index contributed by atoms with van der Waals surface area (Å²) in [6, 6.07) is 9.87. The maximum absolute atomic E-state index is 13.0. The van der Waals surface area contributed by atoms with Crippen LogP contribution in [0.3, 0.4) is 0 Å². The fourth-order valence-corrected chi connectivity index (χ4v) is 4.50. The van der Waals surface area contributed by atoms with Gasteiger partial charge in [-0.2, -0.15) is 13.2 Å². The van der Waals surface area contributed by atoms with Crippen molar-refractivity contribution in [1.29, 1.82) is 0 Å². The average Bonchev–Trinajstić information content (AvgIpc) is 3.16. The fraction of sp³-hybridized carbons (Fsp3) is 0.273. The first-order chi connectivity index (χ1) is 15.9. The molecule has 2 aliphatic rings. The molecule has 3 aromatic rings. The van der Waals surface area contributed by atoms with Crippen molar-refractivity contribution < 1.29 is 37.1 Å². The molecule has 1 saturated carbocycles. The van der Waals surface area contributed by atoms with Gasteiger partial charge in [0, 0.05) is 5.69 Å². The summed E-state index contributed by atoms with van der Waals surface area (Å²) in [6.07, 6.45) is -5.43. The molecule has 1 fully saturated rings. The predicted octanol–water partition coefficient (Wildman–Crippen LogP) is 4.70. The second-order valence-corrected chi connectivity index (χ2v) is 8.89. The minimum absolute atomic E-state index is 0.00644. The van der Waals surface area contributed by atoms with Crippen LogP contribution in [0.1, 0.15) is 17.5 Å². The maximum Gasteiger partial charge on any atom is 0.490 e. The van der Waals surface area contributed by atoms with Gasteiger partial charge in [-0.3, -0.25) is 9.59 Å². The molecule has 0 saturated heterocycles. The standard InChI is InChI=1S/C20H16FN3O2S.C2HF3O2/c1-9-2-4-14-12(8-17(25)22-14)18(9)10-3-5-15-16(6-10)27-20(23-15)24-19(26)11-7-13(11)21;3-2(4,5)1(6)7/h2-6,11,13H,7-8H2,1H3,(H,22,25)(H,23,24,26);(H,6,7)/t11-,13+;/m1./s1. The highest BCUT2D eigenvalue weighted by molar-refractivity contribution is 7.22. The number of fused-ring (bicyclic) bond motifs is 2. The molecule has 0 bridgehead atoms. The quantitative estimate of drug-likeness (QED) is 0.457. The van der Waals surface area contributed by atoms with Gasteiger partial charge in [0.25, 0.3) is 0 Å². The van der Waals surface area contributed by atoms with Crippen LogP contribution in [-0.2, 0) is 20.8 Å². The van der Waals surface area contributed by atoms with Gasteiger partial charge in [-0.25, -0.2) is 14.2 Å². The van der Waals surface area contributed by atoms with Crippen molar-refractivity contribution in [3.8, 4) is 11.1 Å². The minimum Gasteiger partial charge on any atom is -0.475 e. The minimum atomic E-state index is -5.08. The second-order valence-electron chi connectivity index (χ2n) is 7.86. The number of hydrogen-bond acceptors (Lipinski definition) is 5. The first-order valence-corrected chi connectivity index (χ1v) is 10.8. The number of aryl methyl sites for hydroxylation is 1. The number of carbonyl (C=O) groups excluding carboxylic acids is 2. The van der Waals surface area contributed by atoms with E-state index in [2.05, 4.69) is 15.6 Å². The third-order valence-electron chi connectivity index (χ3n) is 5.33. The number of rotatable bonds is 3. The zero-order chi connectivity index (χ0) is 24.8. The molecule has 1 aromatic heterocycles. The van der Waals surface area contributed by atoms with Crippen molar-refractivity contribution in [2.45, 2.75) is 32.1 Å². The lowest BCUT2D eigenvalue weighted by Crippen LogP contribution is -2.21. The molecule has 2 amide bonds. The summed E-state index contributed by atoms with van der Waals surface area (Å²) in [4.78, 5) is 37.1. The van der Waals surface area contributed by atoms with E-state index < -0.39 is 24.2 Å². The van der Waals surface area contributed by atoms with Crippen LogP contribution in [-0.4, -0.2) is 40.2 Å². The topological polar surface area (TPSA) is 108 Å². The predicted molar refractivity (Wildman–Crippen MR) is 117 cm³/mol. The lowest BCUT2D eigenvalue weighted by molar-refractivity contribution is -0.192. The number of carbonyl (C=O) groups is 3. The summed E-state index contributed by atoms with van der Waals surface area (Å²) < 4.78 is 45.7. The third-order valence-corrected chi connectivity index (χ3v) is 6.27. The smallest absolute Gasteiger partial charge is 0.475 e. The van der Waals surface area contributed by atoms with Crippen molar-refractivity contribution >= 4 is 50.2 Å². The summed E-state index contributed by atoms with van der Waals surface area (Å²) in [7, 11) is 0. The number of nitrogens with zero attached hydrogens (tertiary/aromatic N) is 1. The Morgan fingerprint density at radius 1 is 1.24 bits per heavy atom. The number of carboxylic acid groups (broad SMARTS) is 1. The van der Waals surface area contributed by atoms with E-state index in [4.69, 9.17) is 9.90 Å². The molecule has 2 aromatic carbocycles. The number of aromatic nitrogens is 1. The lowest BCUT2D eigenvalue weighted by atomic mass is 9.93. The Balaban J connectivity index is 0.000000344. The zero-order valence-electron chi connectivity index (χ0n) is 17.5. The van der Waals surface area contributed by atoms with Gasteiger partial charge in [-0.1, -0.05) is 23.5 Å². The van der Waals surface area contributed by atoms with Gasteiger partial charge in [-0.05, 0) is 53.8 Å². The Hall–Kier alpha value is -3.54. The largest absolute Gasteiger partial charge is 0.490 e. The van der Waals surface area contributed by atoms with Crippen molar-refractivity contribution in [3.05, 3.63) is 41.5 Å². The van der Waals surface area contributed by atoms with Gasteiger partial charge in [-0.15, -0.1) is 0 Å². The third kappa shape index (κ3) is 4.86. The normalized spacial score (nSPS) is 18.6. The van der Waals surface area contributed by atoms with E-state index in [0.717, 1.165) is 38.2 Å². The van der Waals surface area contributed by atoms with Crippen molar-refractivity contribution in [3.63, 3.8) is 0 Å². The van der Waals surface area contributed by atoms with Gasteiger partial charge in [0.1, 0.15) is 6.17 Å². The number of hydrogen-bond donors (Lipinski definition) is 3. The van der Waals surface area contributed by atoms with Crippen molar-refractivity contribution in [2.24, 2.45) is 5.92 Å². The maximum atomic E-state index is 13.0. The Kier molecular flexibility index (Phi) is 6.02. The van der Waals surface area contributed by atoms with E-state index in [9.17, 15) is 27.2 Å². The first kappa shape index (κ1) is 23.6. The molecule has 0 spiro atoms. The number of anilines is 2. The molecule has 5 rings (SSSR count). The SMILES string of the molecule is Cc1ccc2c(c1-c1ccc3nc(NC(=O)[C@@H]4C[C@@H]4F)sc3c1)CC(=O)N2.O=C(O)C(F)(F)F. The zero-order valence-corrected chi connectivity index (χ0v) is 18.3. The summed E-state index contributed by atoms with van der Waals surface area (Å²) in [5.41, 5.74) is 5.84. The molecule has 34 heavy (non-hydrogen) atoms. The molecule has 178 valence electrons. The highest BCUT2D eigenvalue weighted by Crippen LogP contribution is 2.39. The van der Waals surface area contributed by atoms with Gasteiger partial charge in [0.2, 0.25) is 11.8 Å². The van der Waals surface area contributed by atoms with Crippen molar-refractivity contribution in [2.75, 3.05) is 10.6 Å².